The van der Waals surface area contributed by atoms with Crippen molar-refractivity contribution in [1.29, 1.82) is 0 Å². The lowest BCUT2D eigenvalue weighted by molar-refractivity contribution is 0.00578. The van der Waals surface area contributed by atoms with Gasteiger partial charge in [0.15, 0.2) is 48.6 Å². The molecular weight excluding hydrogens is 1220 g/mol. The van der Waals surface area contributed by atoms with Crippen LogP contribution in [-0.4, -0.2) is 174 Å². The monoisotopic (exact) mass is 1280 g/mol. The van der Waals surface area contributed by atoms with Crippen LogP contribution in [0.3, 0.4) is 0 Å². The molecular formula is C53H65BClF2IN8O12S2. The molecule has 7 aliphatic rings. The van der Waals surface area contributed by atoms with E-state index in [0.717, 1.165) is 21.8 Å². The zero-order valence-corrected chi connectivity index (χ0v) is 50.1. The normalized spacial score (nSPS) is 22.6. The van der Waals surface area contributed by atoms with Gasteiger partial charge in [-0.15, -0.1) is 0 Å². The highest BCUT2D eigenvalue weighted by atomic mass is 127. The van der Waals surface area contributed by atoms with Gasteiger partial charge in [-0.1, -0.05) is 22.6 Å². The number of nitrogens with zero attached hydrogens (tertiary/aromatic N) is 6. The molecule has 2 N–H and O–H groups in total. The Kier molecular flexibility index (Phi) is 16.8. The Bertz CT molecular complexity index is 3480. The van der Waals surface area contributed by atoms with Crippen molar-refractivity contribution in [3.05, 3.63) is 77.1 Å². The lowest BCUT2D eigenvalue weighted by atomic mass is 9.77. The molecule has 80 heavy (non-hydrogen) atoms. The maximum Gasteiger partial charge on any atom is 0.495 e. The molecule has 0 aliphatic carbocycles. The number of nitrogens with one attached hydrogen (secondary N) is 2. The number of aromatic nitrogens is 6. The number of sulfone groups is 2. The zero-order chi connectivity index (χ0) is 57.0. The summed E-state index contributed by atoms with van der Waals surface area (Å²) in [5, 5.41) is 1.71. The maximum absolute atomic E-state index is 14.5. The fourth-order valence-corrected chi connectivity index (χ4v) is 14.3. The summed E-state index contributed by atoms with van der Waals surface area (Å²) in [7, 11) is -7.63. The van der Waals surface area contributed by atoms with Crippen LogP contribution in [0.5, 0.6) is 11.5 Å². The Balaban J connectivity index is 0.000000139. The van der Waals surface area contributed by atoms with Gasteiger partial charge in [-0.05, 0) is 117 Å². The molecule has 2 atom stereocenters. The second-order valence-electron chi connectivity index (χ2n) is 21.7. The minimum absolute atomic E-state index is 0.0269. The van der Waals surface area contributed by atoms with Gasteiger partial charge in [0.1, 0.15) is 45.7 Å². The predicted octanol–water partition coefficient (Wildman–Crippen LogP) is 6.85. The van der Waals surface area contributed by atoms with Crippen LogP contribution in [0.4, 0.5) is 20.4 Å². The molecule has 13 rings (SSSR count). The summed E-state index contributed by atoms with van der Waals surface area (Å²) in [4.78, 5) is 30.5. The second kappa shape index (κ2) is 22.9. The van der Waals surface area contributed by atoms with Crippen molar-refractivity contribution in [2.24, 2.45) is 0 Å². The molecule has 5 fully saturated rings. The lowest BCUT2D eigenvalue weighted by Crippen LogP contribution is -2.52. The highest BCUT2D eigenvalue weighted by Crippen LogP contribution is 2.50. The minimum Gasteiger partial charge on any atom is -0.486 e. The van der Waals surface area contributed by atoms with E-state index in [1.807, 2.05) is 44.8 Å². The summed E-state index contributed by atoms with van der Waals surface area (Å²) in [5.74, 6) is 1.44. The van der Waals surface area contributed by atoms with E-state index < -0.39 is 53.3 Å². The van der Waals surface area contributed by atoms with Crippen LogP contribution in [0.1, 0.15) is 64.8 Å². The Labute approximate surface area is 482 Å². The number of rotatable bonds is 6. The molecule has 2 aromatic carbocycles. The zero-order valence-electron chi connectivity index (χ0n) is 45.6. The Hall–Kier alpha value is -4.52. The number of anilines is 2. The van der Waals surface area contributed by atoms with Crippen molar-refractivity contribution < 1.29 is 63.3 Å². The molecule has 2 unspecified atom stereocenters. The topological polar surface area (TPSA) is 232 Å². The van der Waals surface area contributed by atoms with E-state index in [2.05, 4.69) is 52.3 Å². The van der Waals surface area contributed by atoms with Gasteiger partial charge in [0.2, 0.25) is 5.28 Å². The summed E-state index contributed by atoms with van der Waals surface area (Å²) < 4.78 is 124. The lowest BCUT2D eigenvalue weighted by Gasteiger charge is -2.43. The Morgan fingerprint density at radius 3 is 1.60 bits per heavy atom. The van der Waals surface area contributed by atoms with Crippen molar-refractivity contribution in [2.45, 2.75) is 86.2 Å². The van der Waals surface area contributed by atoms with E-state index in [1.54, 1.807) is 12.4 Å². The van der Waals surface area contributed by atoms with E-state index in [-0.39, 0.29) is 41.9 Å². The van der Waals surface area contributed by atoms with Crippen LogP contribution in [0, 0.1) is 11.6 Å². The van der Waals surface area contributed by atoms with Crippen molar-refractivity contribution >= 4 is 99.9 Å². The number of alkyl halides is 1. The van der Waals surface area contributed by atoms with Gasteiger partial charge in [0.25, 0.3) is 0 Å². The number of fused-ring (bicyclic) bond motifs is 8. The summed E-state index contributed by atoms with van der Waals surface area (Å²) in [6, 6.07) is 9.51. The Morgan fingerprint density at radius 1 is 0.625 bits per heavy atom. The number of aromatic amines is 2. The summed E-state index contributed by atoms with van der Waals surface area (Å²) >= 11 is 8.33. The first-order chi connectivity index (χ1) is 38.1. The molecule has 0 spiro atoms. The molecule has 11 heterocycles. The number of morpholine rings is 2. The first kappa shape index (κ1) is 58.7. The molecule has 0 amide bonds. The molecule has 27 heteroatoms. The van der Waals surface area contributed by atoms with Crippen molar-refractivity contribution in [2.75, 3.05) is 106 Å². The van der Waals surface area contributed by atoms with Crippen molar-refractivity contribution in [3.8, 4) is 22.9 Å². The third-order valence-electron chi connectivity index (χ3n) is 16.4. The van der Waals surface area contributed by atoms with Crippen LogP contribution < -0.4 is 24.7 Å². The third-order valence-corrected chi connectivity index (χ3v) is 20.6. The van der Waals surface area contributed by atoms with Crippen LogP contribution >= 0.6 is 34.2 Å². The van der Waals surface area contributed by atoms with Crippen LogP contribution in [0.15, 0.2) is 48.8 Å². The van der Waals surface area contributed by atoms with E-state index >= 15 is 0 Å². The maximum atomic E-state index is 14.5. The van der Waals surface area contributed by atoms with Gasteiger partial charge >= 0.3 is 7.12 Å². The van der Waals surface area contributed by atoms with E-state index in [4.69, 9.17) is 59.3 Å². The number of H-pyrrole nitrogens is 2. The number of benzene rings is 2. The molecule has 5 saturated heterocycles. The van der Waals surface area contributed by atoms with Crippen molar-refractivity contribution in [1.82, 2.24) is 29.9 Å². The summed E-state index contributed by atoms with van der Waals surface area (Å²) in [5.41, 5.74) is 2.43. The number of hydrogen-bond acceptors (Lipinski definition) is 18. The van der Waals surface area contributed by atoms with Crippen LogP contribution in [-0.2, 0) is 57.4 Å². The van der Waals surface area contributed by atoms with E-state index in [1.165, 1.54) is 36.8 Å². The van der Waals surface area contributed by atoms with Gasteiger partial charge in [0, 0.05) is 86.4 Å². The van der Waals surface area contributed by atoms with Gasteiger partial charge < -0.3 is 57.5 Å². The van der Waals surface area contributed by atoms with Crippen LogP contribution in [0.25, 0.3) is 33.2 Å². The van der Waals surface area contributed by atoms with E-state index in [9.17, 15) is 25.6 Å². The first-order valence-corrected chi connectivity index (χ1v) is 32.7. The number of halogens is 4. The van der Waals surface area contributed by atoms with Crippen LogP contribution in [0.2, 0.25) is 5.28 Å². The molecule has 6 aromatic rings. The minimum atomic E-state index is -3.62. The van der Waals surface area contributed by atoms with Gasteiger partial charge in [-0.2, -0.15) is 4.98 Å². The summed E-state index contributed by atoms with van der Waals surface area (Å²) in [6.45, 7) is 13.4. The number of ether oxygens (including phenoxy) is 6. The molecule has 4 aromatic heterocycles. The highest BCUT2D eigenvalue weighted by molar-refractivity contribution is 14.1. The third kappa shape index (κ3) is 10.9. The molecule has 0 saturated carbocycles. The Morgan fingerprint density at radius 2 is 1.09 bits per heavy atom. The predicted molar refractivity (Wildman–Crippen MR) is 308 cm³/mol. The molecule has 7 aliphatic heterocycles. The number of hydrogen-bond donors (Lipinski definition) is 2. The fourth-order valence-electron chi connectivity index (χ4n) is 11.4. The molecule has 20 nitrogen and oxygen atoms in total. The van der Waals surface area contributed by atoms with Gasteiger partial charge in [-0.25, -0.2) is 40.6 Å². The van der Waals surface area contributed by atoms with Crippen molar-refractivity contribution in [3.63, 3.8) is 0 Å². The molecule has 0 bridgehead atoms. The fraction of sp³-hybridized carbons (Fsp3) is 0.547. The van der Waals surface area contributed by atoms with E-state index in [0.29, 0.717) is 138 Å². The molecule has 0 radical (unpaired) electrons. The summed E-state index contributed by atoms with van der Waals surface area (Å²) in [6.07, 6.45) is 7.15. The standard InChI is InChI=1S/C23H25FN4O5S.C15H20ClN3O5S.C14H17BFNO2.CH3I/c1-34(29,30)23(3-7-31-8-4-23)20-19-22(28-6-9-32-12-15(28)13-33-19)27-21(26-20)17-10-14(24)11-18-16(17)2-5-25-18;1-25(20,21)15(2-5-22-6-3-15)12-11-13(18-14(16)17-12)19-4-7-23-8-10(19)9-24-11;1-13(2)14(3,4)19-15(18-13)11-7-9(16)8-12-10(11)5-6-17-12;1-2/h2,5,10-11,15,25H,3-4,6-9,12-13H2,1H3;10H,2-9H2,1H3;5-8,17H,1-4H3;1H3. The molecule has 432 valence electrons. The average Bonchev–Trinajstić information content (AvgIpc) is 4.29. The van der Waals surface area contributed by atoms with Gasteiger partial charge in [-0.3, -0.25) is 0 Å². The second-order valence-corrected chi connectivity index (χ2v) is 26.7. The quantitative estimate of drug-likeness (QED) is 0.0752. The smallest absolute Gasteiger partial charge is 0.486 e. The average molecular weight is 1280 g/mol. The first-order valence-electron chi connectivity index (χ1n) is 26.4. The SMILES string of the molecule is CC1(C)OB(c2cc(F)cc3[nH]ccc23)OC1(C)C.CI.CS(=O)(=O)C1(c2nc(-c3cc(F)cc4[nH]ccc34)nc3c2OCC2COCCN32)CCOCC1.CS(=O)(=O)C1(c2nc(Cl)nc3c2OCC2COCCN32)CCOCC1. The largest absolute Gasteiger partial charge is 0.495 e. The van der Waals surface area contributed by atoms with Gasteiger partial charge in [0.05, 0.1) is 49.7 Å². The highest BCUT2D eigenvalue weighted by Gasteiger charge is 2.54.